The number of allylic oxidation sites excluding steroid dienone is 1. The molecule has 0 aromatic heterocycles. The van der Waals surface area contributed by atoms with Gasteiger partial charge in [0.15, 0.2) is 0 Å². The van der Waals surface area contributed by atoms with Crippen LogP contribution in [0.4, 0.5) is 0 Å². The van der Waals surface area contributed by atoms with Crippen LogP contribution in [0.25, 0.3) is 0 Å². The van der Waals surface area contributed by atoms with Gasteiger partial charge < -0.3 is 5.73 Å². The van der Waals surface area contributed by atoms with Gasteiger partial charge in [0.1, 0.15) is 0 Å². The molecule has 0 saturated carbocycles. The molecular weight excluding hydrogens is 182 g/mol. The number of rotatable bonds is 2. The maximum atomic E-state index is 9.70. The topological polar surface area (TPSA) is 97.5 Å². The molecule has 0 unspecified atom stereocenters. The third-order valence-electron chi connectivity index (χ3n) is 0.509. The van der Waals surface area contributed by atoms with E-state index in [4.69, 9.17) is 4.55 Å². The van der Waals surface area contributed by atoms with Crippen LogP contribution in [0.2, 0.25) is 0 Å². The van der Waals surface area contributed by atoms with Crippen LogP contribution in [0.3, 0.4) is 0 Å². The average molecular weight is 193 g/mol. The van der Waals surface area contributed by atoms with E-state index in [1.807, 2.05) is 0 Å². The highest BCUT2D eigenvalue weighted by atomic mass is 32.2. The van der Waals surface area contributed by atoms with Crippen LogP contribution in [0, 0.1) is 0 Å². The molecule has 70 valence electrons. The minimum absolute atomic E-state index is 0.481. The van der Waals surface area contributed by atoms with Crippen molar-refractivity contribution in [1.29, 1.82) is 0 Å². The fourth-order valence-corrected chi connectivity index (χ4v) is 0.516. The summed E-state index contributed by atoms with van der Waals surface area (Å²) in [5.41, 5.74) is 4.53. The lowest BCUT2D eigenvalue weighted by Crippen LogP contribution is -2.04. The van der Waals surface area contributed by atoms with E-state index in [0.717, 1.165) is 6.08 Å². The van der Waals surface area contributed by atoms with E-state index in [1.54, 1.807) is 0 Å². The standard InChI is InChI=1S/C3H5NO.C3H6O3S/c1-2-3(4)5;1-2-3-7(4,5)6/h2H,1H2,(H2,4,5);2-3H,1H3,(H,4,5,6). The molecule has 3 N–H and O–H groups in total. The van der Waals surface area contributed by atoms with Gasteiger partial charge in [0.05, 0.1) is 5.41 Å². The second-order valence-electron chi connectivity index (χ2n) is 1.59. The van der Waals surface area contributed by atoms with Crippen LogP contribution < -0.4 is 5.73 Å². The zero-order valence-corrected chi connectivity index (χ0v) is 7.41. The number of hydrogen-bond donors (Lipinski definition) is 2. The molecule has 0 aromatic rings. The summed E-state index contributed by atoms with van der Waals surface area (Å²) in [6.07, 6.45) is 2.30. The van der Waals surface area contributed by atoms with Gasteiger partial charge >= 0.3 is 0 Å². The van der Waals surface area contributed by atoms with E-state index in [0.29, 0.717) is 5.41 Å². The number of carbonyl (C=O) groups is 1. The highest BCUT2D eigenvalue weighted by Crippen LogP contribution is 1.80. The number of nitrogens with two attached hydrogens (primary N) is 1. The normalized spacial score (nSPS) is 10.2. The third-order valence-corrected chi connectivity index (χ3v) is 1.13. The first-order chi connectivity index (χ1) is 5.33. The summed E-state index contributed by atoms with van der Waals surface area (Å²) in [6.45, 7) is 4.59. The van der Waals surface area contributed by atoms with Crippen LogP contribution >= 0.6 is 0 Å². The number of hydrogen-bond acceptors (Lipinski definition) is 3. The summed E-state index contributed by atoms with van der Waals surface area (Å²) in [5.74, 6) is -0.481. The van der Waals surface area contributed by atoms with Crippen LogP contribution in [0.5, 0.6) is 0 Å². The van der Waals surface area contributed by atoms with Crippen LogP contribution in [-0.2, 0) is 14.9 Å². The molecule has 0 fully saturated rings. The predicted octanol–water partition coefficient (Wildman–Crippen LogP) is 0.0655. The molecule has 0 bridgehead atoms. The molecule has 0 radical (unpaired) electrons. The molecule has 5 nitrogen and oxygen atoms in total. The van der Waals surface area contributed by atoms with Crippen LogP contribution in [0.15, 0.2) is 24.1 Å². The van der Waals surface area contributed by atoms with E-state index in [-0.39, 0.29) is 0 Å². The molecule has 0 rings (SSSR count). The molecule has 0 aliphatic rings. The Labute approximate surface area is 71.3 Å². The largest absolute Gasteiger partial charge is 0.366 e. The zero-order chi connectivity index (χ0) is 10.2. The van der Waals surface area contributed by atoms with E-state index in [2.05, 4.69) is 12.3 Å². The van der Waals surface area contributed by atoms with E-state index < -0.39 is 16.0 Å². The SMILES string of the molecule is C=CC(N)=O.CC=CS(=O)(=O)O. The molecule has 0 aliphatic heterocycles. The molecule has 12 heavy (non-hydrogen) atoms. The number of primary amides is 1. The van der Waals surface area contributed by atoms with Gasteiger partial charge in [-0.25, -0.2) is 0 Å². The molecular formula is C6H11NO4S. The van der Waals surface area contributed by atoms with Crippen molar-refractivity contribution in [3.05, 3.63) is 24.1 Å². The lowest BCUT2D eigenvalue weighted by molar-refractivity contribution is -0.113. The molecule has 0 aliphatic carbocycles. The molecule has 6 heteroatoms. The number of amides is 1. The van der Waals surface area contributed by atoms with Gasteiger partial charge in [-0.15, -0.1) is 0 Å². The fraction of sp³-hybridized carbons (Fsp3) is 0.167. The second-order valence-corrected chi connectivity index (χ2v) is 2.89. The van der Waals surface area contributed by atoms with Crippen molar-refractivity contribution in [3.8, 4) is 0 Å². The lowest BCUT2D eigenvalue weighted by Gasteiger charge is -1.76. The van der Waals surface area contributed by atoms with Gasteiger partial charge in [-0.3, -0.25) is 9.35 Å². The Hall–Kier alpha value is -1.14. The van der Waals surface area contributed by atoms with Crippen molar-refractivity contribution in [2.45, 2.75) is 6.92 Å². The predicted molar refractivity (Wildman–Crippen MR) is 45.8 cm³/mol. The van der Waals surface area contributed by atoms with Crippen LogP contribution in [0.1, 0.15) is 6.92 Å². The van der Waals surface area contributed by atoms with Gasteiger partial charge in [-0.1, -0.05) is 12.7 Å². The fourth-order valence-electron chi connectivity index (χ4n) is 0.172. The molecule has 1 amide bonds. The van der Waals surface area contributed by atoms with Crippen molar-refractivity contribution < 1.29 is 17.8 Å². The minimum Gasteiger partial charge on any atom is -0.366 e. The molecule has 0 spiro atoms. The Morgan fingerprint density at radius 3 is 1.92 bits per heavy atom. The Bertz CT molecular complexity index is 265. The first-order valence-electron chi connectivity index (χ1n) is 2.85. The maximum absolute atomic E-state index is 9.70. The minimum atomic E-state index is -3.85. The van der Waals surface area contributed by atoms with Gasteiger partial charge in [0, 0.05) is 0 Å². The Kier molecular flexibility index (Phi) is 7.36. The molecule has 0 atom stereocenters. The molecule has 0 saturated heterocycles. The van der Waals surface area contributed by atoms with E-state index >= 15 is 0 Å². The van der Waals surface area contributed by atoms with Gasteiger partial charge in [0.2, 0.25) is 5.91 Å². The second kappa shape index (κ2) is 6.56. The Morgan fingerprint density at radius 2 is 1.92 bits per heavy atom. The Morgan fingerprint density at radius 1 is 1.58 bits per heavy atom. The van der Waals surface area contributed by atoms with Gasteiger partial charge in [-0.05, 0) is 13.0 Å². The average Bonchev–Trinajstić information content (AvgIpc) is 1.86. The smallest absolute Gasteiger partial charge is 0.287 e. The summed E-state index contributed by atoms with van der Waals surface area (Å²) in [7, 11) is -3.85. The monoisotopic (exact) mass is 193 g/mol. The zero-order valence-electron chi connectivity index (χ0n) is 6.60. The van der Waals surface area contributed by atoms with Gasteiger partial charge in [0.25, 0.3) is 10.1 Å². The van der Waals surface area contributed by atoms with E-state index in [9.17, 15) is 13.2 Å². The van der Waals surface area contributed by atoms with Crippen molar-refractivity contribution >= 4 is 16.0 Å². The van der Waals surface area contributed by atoms with Crippen molar-refractivity contribution in [1.82, 2.24) is 0 Å². The van der Waals surface area contributed by atoms with Crippen molar-refractivity contribution in [2.75, 3.05) is 0 Å². The van der Waals surface area contributed by atoms with Crippen molar-refractivity contribution in [2.24, 2.45) is 5.73 Å². The molecule has 0 heterocycles. The quantitative estimate of drug-likeness (QED) is 0.478. The highest BCUT2D eigenvalue weighted by molar-refractivity contribution is 7.88. The summed E-state index contributed by atoms with van der Waals surface area (Å²) >= 11 is 0. The first-order valence-corrected chi connectivity index (χ1v) is 4.36. The summed E-state index contributed by atoms with van der Waals surface area (Å²) in [5, 5.41) is 0.715. The summed E-state index contributed by atoms with van der Waals surface area (Å²) in [4.78, 5) is 9.47. The number of carbonyl (C=O) groups excluding carboxylic acids is 1. The summed E-state index contributed by atoms with van der Waals surface area (Å²) < 4.78 is 27.3. The maximum Gasteiger partial charge on any atom is 0.287 e. The lowest BCUT2D eigenvalue weighted by atomic mass is 10.6. The summed E-state index contributed by atoms with van der Waals surface area (Å²) in [6, 6.07) is 0. The molecule has 0 aromatic carbocycles. The highest BCUT2D eigenvalue weighted by Gasteiger charge is 1.90. The van der Waals surface area contributed by atoms with Crippen molar-refractivity contribution in [3.63, 3.8) is 0 Å². The van der Waals surface area contributed by atoms with Gasteiger partial charge in [-0.2, -0.15) is 8.42 Å². The van der Waals surface area contributed by atoms with E-state index in [1.165, 1.54) is 13.0 Å². The van der Waals surface area contributed by atoms with Crippen LogP contribution in [-0.4, -0.2) is 18.9 Å². The third kappa shape index (κ3) is 23.2. The Balaban J connectivity index is 0. The first kappa shape index (κ1) is 13.4.